The van der Waals surface area contributed by atoms with Crippen LogP contribution in [0.15, 0.2) is 64.7 Å². The number of nitrogens with zero attached hydrogens (tertiary/aromatic N) is 4. The molecule has 3 rings (SSSR count). The number of nitrogens with two attached hydrogens (primary N) is 1. The van der Waals surface area contributed by atoms with E-state index in [4.69, 9.17) is 5.73 Å². The molecule has 3 heterocycles. The third-order valence-electron chi connectivity index (χ3n) is 11.1. The lowest BCUT2D eigenvalue weighted by Crippen LogP contribution is -2.22. The molecule has 0 saturated carbocycles. The van der Waals surface area contributed by atoms with E-state index in [2.05, 4.69) is 68.4 Å². The second kappa shape index (κ2) is 42.2. The van der Waals surface area contributed by atoms with Crippen molar-refractivity contribution >= 4 is 17.8 Å². The van der Waals surface area contributed by atoms with Gasteiger partial charge in [0.15, 0.2) is 0 Å². The Bertz CT molecular complexity index is 1770. The highest BCUT2D eigenvalue weighted by atomic mass is 16.2. The van der Waals surface area contributed by atoms with Crippen LogP contribution < -0.4 is 22.2 Å². The van der Waals surface area contributed by atoms with Crippen LogP contribution in [0.3, 0.4) is 0 Å². The molecular weight excluding hydrogens is 813 g/mol. The van der Waals surface area contributed by atoms with Crippen LogP contribution in [0.2, 0.25) is 0 Å². The largest absolute Gasteiger partial charge is 0.333 e. The summed E-state index contributed by atoms with van der Waals surface area (Å²) in [5, 5.41) is 2.44. The zero-order valence-electron chi connectivity index (χ0n) is 41.3. The van der Waals surface area contributed by atoms with Gasteiger partial charge in [0, 0.05) is 42.3 Å². The van der Waals surface area contributed by atoms with Crippen LogP contribution in [0.5, 0.6) is 0 Å². The van der Waals surface area contributed by atoms with Gasteiger partial charge in [-0.2, -0.15) is 0 Å². The van der Waals surface area contributed by atoms with E-state index in [9.17, 15) is 19.2 Å². The Morgan fingerprint density at radius 3 is 1.46 bits per heavy atom. The van der Waals surface area contributed by atoms with E-state index in [1.807, 2.05) is 0 Å². The molecular formula is C53H90N8O4. The Balaban J connectivity index is 0.000000519. The van der Waals surface area contributed by atoms with Gasteiger partial charge in [0.1, 0.15) is 17.9 Å². The van der Waals surface area contributed by atoms with Crippen LogP contribution in [-0.2, 0) is 11.2 Å². The first kappa shape index (κ1) is 58.6. The van der Waals surface area contributed by atoms with Crippen LogP contribution in [0, 0.1) is 13.8 Å². The van der Waals surface area contributed by atoms with E-state index < -0.39 is 6.03 Å². The number of anilines is 1. The number of Topliss-reactive ketones (excluding diaryl/α,β-unsaturated/α-hetero) is 1. The van der Waals surface area contributed by atoms with Crippen molar-refractivity contribution in [3.05, 3.63) is 93.1 Å². The minimum absolute atomic E-state index is 0.115. The molecule has 0 unspecified atom stereocenters. The third-order valence-corrected chi connectivity index (χ3v) is 11.1. The summed E-state index contributed by atoms with van der Waals surface area (Å²) >= 11 is 0. The van der Waals surface area contributed by atoms with E-state index in [0.717, 1.165) is 19.4 Å². The van der Waals surface area contributed by atoms with Gasteiger partial charge in [0.05, 0.1) is 6.42 Å². The predicted molar refractivity (Wildman–Crippen MR) is 272 cm³/mol. The van der Waals surface area contributed by atoms with Gasteiger partial charge in [-0.1, -0.05) is 160 Å². The van der Waals surface area contributed by atoms with E-state index in [1.54, 1.807) is 13.8 Å². The second-order valence-electron chi connectivity index (χ2n) is 17.5. The summed E-state index contributed by atoms with van der Waals surface area (Å²) in [7, 11) is 0. The van der Waals surface area contributed by atoms with Crippen LogP contribution >= 0.6 is 0 Å². The smallest absolute Gasteiger partial charge is 0.330 e. The molecule has 0 aromatic carbocycles. The fraction of sp³-hybridized carbons (Fsp3) is 0.679. The molecule has 0 aliphatic rings. The Labute approximate surface area is 393 Å². The number of hydrogen-bond acceptors (Lipinski definition) is 8. The Morgan fingerprint density at radius 2 is 1.03 bits per heavy atom. The van der Waals surface area contributed by atoms with Crippen molar-refractivity contribution in [2.45, 2.75) is 227 Å². The van der Waals surface area contributed by atoms with Crippen LogP contribution in [0.25, 0.3) is 0 Å². The fourth-order valence-corrected chi connectivity index (χ4v) is 7.32. The number of hydrogen-bond donors (Lipinski definition) is 4. The normalized spacial score (nSPS) is 11.1. The number of rotatable bonds is 35. The highest BCUT2D eigenvalue weighted by molar-refractivity contribution is 5.89. The van der Waals surface area contributed by atoms with Crippen molar-refractivity contribution in [2.75, 3.05) is 11.9 Å². The molecule has 0 radical (unpaired) electrons. The van der Waals surface area contributed by atoms with Crippen LogP contribution in [-0.4, -0.2) is 47.8 Å². The van der Waals surface area contributed by atoms with E-state index >= 15 is 0 Å². The number of aromatic nitrogens is 6. The number of amides is 1. The van der Waals surface area contributed by atoms with Gasteiger partial charge in [0.2, 0.25) is 5.95 Å². The zero-order chi connectivity index (χ0) is 47.4. The summed E-state index contributed by atoms with van der Waals surface area (Å²) in [6, 6.07) is 2.35. The maximum absolute atomic E-state index is 12.0. The summed E-state index contributed by atoms with van der Waals surface area (Å²) in [6.45, 7) is 8.85. The number of H-pyrrole nitrogens is 2. The Morgan fingerprint density at radius 1 is 0.600 bits per heavy atom. The predicted octanol–water partition coefficient (Wildman–Crippen LogP) is 13.3. The number of carbonyl (C=O) groups excluding carboxylic acids is 2. The van der Waals surface area contributed by atoms with Crippen molar-refractivity contribution in [3.63, 3.8) is 0 Å². The minimum atomic E-state index is -0.439. The van der Waals surface area contributed by atoms with Gasteiger partial charge in [-0.15, -0.1) is 0 Å². The number of nitrogens with one attached hydrogen (secondary N) is 3. The molecule has 0 aliphatic carbocycles. The lowest BCUT2D eigenvalue weighted by molar-refractivity contribution is -0.118. The van der Waals surface area contributed by atoms with Crippen molar-refractivity contribution in [1.29, 1.82) is 0 Å². The lowest BCUT2D eigenvalue weighted by Gasteiger charge is -2.04. The number of aryl methyl sites for hydroxylation is 2. The van der Waals surface area contributed by atoms with Crippen molar-refractivity contribution in [2.24, 2.45) is 5.73 Å². The van der Waals surface area contributed by atoms with Crippen LogP contribution in [0.1, 0.15) is 224 Å². The second-order valence-corrected chi connectivity index (χ2v) is 17.5. The maximum atomic E-state index is 12.0. The molecule has 0 aliphatic heterocycles. The van der Waals surface area contributed by atoms with E-state index in [1.165, 1.54) is 209 Å². The number of aromatic amines is 2. The molecule has 0 fully saturated rings. The highest BCUT2D eigenvalue weighted by Gasteiger charge is 2.08. The SMILES string of the molecule is CCCCCCCC/C=C\CCCCCCCCCC(=O)Cc1nc(C)cc(=O)[nH]1.CCCCCCCC/C=C\CCCCCCCCN.Cc1cc(=O)[nH]c(NC(=O)n2ccnc2)n1. The lowest BCUT2D eigenvalue weighted by atomic mass is 10.0. The van der Waals surface area contributed by atoms with Crippen molar-refractivity contribution < 1.29 is 9.59 Å². The Hall–Kier alpha value is -4.45. The molecule has 5 N–H and O–H groups in total. The monoisotopic (exact) mass is 903 g/mol. The van der Waals surface area contributed by atoms with E-state index in [0.29, 0.717) is 23.6 Å². The fourth-order valence-electron chi connectivity index (χ4n) is 7.32. The van der Waals surface area contributed by atoms with Crippen LogP contribution in [0.4, 0.5) is 10.7 Å². The summed E-state index contributed by atoms with van der Waals surface area (Å²) in [4.78, 5) is 63.1. The Kier molecular flexibility index (Phi) is 38.0. The maximum Gasteiger partial charge on any atom is 0.333 e. The van der Waals surface area contributed by atoms with E-state index in [-0.39, 0.29) is 29.3 Å². The first-order valence-electron chi connectivity index (χ1n) is 25.6. The molecule has 366 valence electrons. The molecule has 0 saturated heterocycles. The zero-order valence-corrected chi connectivity index (χ0v) is 41.3. The van der Waals surface area contributed by atoms with Gasteiger partial charge in [-0.3, -0.25) is 29.3 Å². The molecule has 0 bridgehead atoms. The number of ketones is 1. The van der Waals surface area contributed by atoms with Gasteiger partial charge < -0.3 is 10.7 Å². The standard InChI is InChI=1S/C26H44N2O2.C18H37N.C9H9N5O2/c1-3-4-5-6-7-8-9-10-11-12-13-14-15-16-17-18-19-20-24(29)22-25-27-23(2)21-26(30)28-25;1-2-3-4-5-6-7-8-9-10-11-12-13-14-15-16-17-18-19;1-6-4-7(15)12-8(11-6)13-9(16)14-3-2-10-5-14/h10-11,21H,3-9,12-20,22H2,1-2H3,(H,27,28,30);9-10H,2-8,11-19H2,1H3;2-5H,1H3,(H2,11,12,13,15,16)/b11-10-;10-9-;. The number of allylic oxidation sites excluding steroid dienone is 4. The summed E-state index contributed by atoms with van der Waals surface area (Å²) in [5.74, 6) is 0.770. The average Bonchev–Trinajstić information content (AvgIpc) is 3.82. The summed E-state index contributed by atoms with van der Waals surface area (Å²) < 4.78 is 1.24. The summed E-state index contributed by atoms with van der Waals surface area (Å²) in [5.41, 5.74) is 6.17. The molecule has 12 heteroatoms. The molecule has 12 nitrogen and oxygen atoms in total. The first-order chi connectivity index (χ1) is 31.7. The quantitative estimate of drug-likeness (QED) is 0.0332. The molecule has 3 aromatic rings. The minimum Gasteiger partial charge on any atom is -0.330 e. The molecule has 0 atom stereocenters. The topological polar surface area (TPSA) is 182 Å². The van der Waals surface area contributed by atoms with Gasteiger partial charge >= 0.3 is 6.03 Å². The van der Waals surface area contributed by atoms with Gasteiger partial charge in [-0.25, -0.2) is 19.7 Å². The summed E-state index contributed by atoms with van der Waals surface area (Å²) in [6.07, 6.45) is 52.9. The van der Waals surface area contributed by atoms with Crippen molar-refractivity contribution in [3.8, 4) is 0 Å². The molecule has 1 amide bonds. The molecule has 0 spiro atoms. The van der Waals surface area contributed by atoms with Crippen molar-refractivity contribution in [1.82, 2.24) is 29.5 Å². The number of unbranched alkanes of at least 4 members (excludes halogenated alkanes) is 25. The first-order valence-corrected chi connectivity index (χ1v) is 25.6. The number of carbonyl (C=O) groups is 2. The molecule has 65 heavy (non-hydrogen) atoms. The highest BCUT2D eigenvalue weighted by Crippen LogP contribution is 2.13. The van der Waals surface area contributed by atoms with Gasteiger partial charge in [-0.05, 0) is 84.6 Å². The number of imidazole rings is 1. The average molecular weight is 903 g/mol. The van der Waals surface area contributed by atoms with Gasteiger partial charge in [0.25, 0.3) is 11.1 Å². The third kappa shape index (κ3) is 36.5. The molecule has 3 aromatic heterocycles.